The molecule has 3 heterocycles. The fraction of sp³-hybridized carbons (Fsp3) is 0.542. The number of hydrogen-bond acceptors (Lipinski definition) is 4. The second-order valence-corrected chi connectivity index (χ2v) is 9.17. The van der Waals surface area contributed by atoms with Gasteiger partial charge in [-0.05, 0) is 56.7 Å². The molecule has 1 saturated carbocycles. The lowest BCUT2D eigenvalue weighted by Gasteiger charge is -2.36. The minimum absolute atomic E-state index is 0.100. The Morgan fingerprint density at radius 3 is 2.59 bits per heavy atom. The molecule has 2 aromatic rings. The number of carbonyl (C=O) groups is 1. The van der Waals surface area contributed by atoms with Crippen LogP contribution < -0.4 is 5.56 Å². The third-order valence-electron chi connectivity index (χ3n) is 7.21. The number of piperidine rings is 1. The molecule has 5 rings (SSSR count). The lowest BCUT2D eigenvalue weighted by atomic mass is 9.98. The van der Waals surface area contributed by atoms with Gasteiger partial charge < -0.3 is 9.88 Å². The summed E-state index contributed by atoms with van der Waals surface area (Å²) in [5.41, 5.74) is 1.54. The lowest BCUT2D eigenvalue weighted by molar-refractivity contribution is 0.0597. The van der Waals surface area contributed by atoms with Crippen LogP contribution in [0.3, 0.4) is 0 Å². The first-order valence-electron chi connectivity index (χ1n) is 11.6. The van der Waals surface area contributed by atoms with Crippen molar-refractivity contribution in [2.45, 2.75) is 70.0 Å². The number of H-pyrrole nitrogens is 1. The highest BCUT2D eigenvalue weighted by molar-refractivity contribution is 5.94. The second-order valence-electron chi connectivity index (χ2n) is 9.17. The number of aromatic nitrogens is 2. The summed E-state index contributed by atoms with van der Waals surface area (Å²) < 4.78 is 27.1. The number of nitrogens with one attached hydrogen (secondary N) is 1. The highest BCUT2D eigenvalue weighted by Crippen LogP contribution is 2.32. The van der Waals surface area contributed by atoms with Gasteiger partial charge in [-0.15, -0.1) is 0 Å². The van der Waals surface area contributed by atoms with Crippen LogP contribution in [0.5, 0.6) is 0 Å². The average molecular weight is 443 g/mol. The van der Waals surface area contributed by atoms with Crippen molar-refractivity contribution in [3.8, 4) is 0 Å². The van der Waals surface area contributed by atoms with Crippen molar-refractivity contribution in [1.82, 2.24) is 19.8 Å². The van der Waals surface area contributed by atoms with Crippen molar-refractivity contribution in [2.75, 3.05) is 13.1 Å². The lowest BCUT2D eigenvalue weighted by Crippen LogP contribution is -2.43. The van der Waals surface area contributed by atoms with Crippen molar-refractivity contribution in [3.63, 3.8) is 0 Å². The Balaban J connectivity index is 1.44. The van der Waals surface area contributed by atoms with E-state index < -0.39 is 11.6 Å². The van der Waals surface area contributed by atoms with Crippen LogP contribution in [0.2, 0.25) is 0 Å². The molecule has 1 saturated heterocycles. The molecule has 1 atom stereocenters. The Labute approximate surface area is 185 Å². The zero-order chi connectivity index (χ0) is 22.2. The number of nitrogens with zero attached hydrogens (tertiary/aromatic N) is 3. The summed E-state index contributed by atoms with van der Waals surface area (Å²) in [5.74, 6) is -1.90. The van der Waals surface area contributed by atoms with Gasteiger partial charge in [0, 0.05) is 36.8 Å². The molecule has 1 amide bonds. The first-order chi connectivity index (χ1) is 15.5. The molecular formula is C24H28F2N4O2. The van der Waals surface area contributed by atoms with Crippen LogP contribution in [0.25, 0.3) is 0 Å². The molecule has 32 heavy (non-hydrogen) atoms. The monoisotopic (exact) mass is 442 g/mol. The molecule has 0 spiro atoms. The molecule has 0 bridgehead atoms. The summed E-state index contributed by atoms with van der Waals surface area (Å²) in [4.78, 5) is 37.9. The van der Waals surface area contributed by atoms with Crippen LogP contribution in [0.15, 0.2) is 23.0 Å². The number of likely N-dealkylation sites (tertiary alicyclic amines) is 1. The number of carbonyl (C=O) groups excluding carboxylic acids is 1. The van der Waals surface area contributed by atoms with Crippen LogP contribution in [0.1, 0.15) is 78.4 Å². The predicted octanol–water partition coefficient (Wildman–Crippen LogP) is 3.72. The molecule has 8 heteroatoms. The maximum atomic E-state index is 13.7. The van der Waals surface area contributed by atoms with Gasteiger partial charge in [-0.1, -0.05) is 12.8 Å². The van der Waals surface area contributed by atoms with Crippen LogP contribution >= 0.6 is 0 Å². The van der Waals surface area contributed by atoms with Crippen molar-refractivity contribution in [1.29, 1.82) is 0 Å². The van der Waals surface area contributed by atoms with Gasteiger partial charge in [0.05, 0.1) is 11.7 Å². The SMILES string of the molecule is O=C(c1ccc(F)c(F)c1)N1CCCCC1c1nc2c(c(=O)[nH]1)CCN(C1CCCC1)C2. The van der Waals surface area contributed by atoms with Gasteiger partial charge in [-0.2, -0.15) is 0 Å². The van der Waals surface area contributed by atoms with Gasteiger partial charge in [0.25, 0.3) is 11.5 Å². The normalized spacial score (nSPS) is 22.2. The molecule has 6 nitrogen and oxygen atoms in total. The Hall–Kier alpha value is -2.61. The summed E-state index contributed by atoms with van der Waals surface area (Å²) >= 11 is 0. The highest BCUT2D eigenvalue weighted by atomic mass is 19.2. The van der Waals surface area contributed by atoms with Crippen LogP contribution in [-0.4, -0.2) is 44.8 Å². The number of benzene rings is 1. The first kappa shape index (κ1) is 21.2. The molecule has 3 aliphatic rings. The molecule has 1 aromatic carbocycles. The number of hydrogen-bond donors (Lipinski definition) is 1. The van der Waals surface area contributed by atoms with Crippen molar-refractivity contribution < 1.29 is 13.6 Å². The molecule has 2 aliphatic heterocycles. The van der Waals surface area contributed by atoms with Gasteiger partial charge in [0.2, 0.25) is 0 Å². The van der Waals surface area contributed by atoms with E-state index in [2.05, 4.69) is 9.88 Å². The van der Waals surface area contributed by atoms with E-state index in [1.165, 1.54) is 31.7 Å². The van der Waals surface area contributed by atoms with E-state index in [9.17, 15) is 18.4 Å². The fourth-order valence-electron chi connectivity index (χ4n) is 5.47. The van der Waals surface area contributed by atoms with E-state index in [0.717, 1.165) is 42.8 Å². The maximum absolute atomic E-state index is 13.7. The van der Waals surface area contributed by atoms with Crippen molar-refractivity contribution in [3.05, 3.63) is 62.8 Å². The van der Waals surface area contributed by atoms with Gasteiger partial charge in [-0.25, -0.2) is 13.8 Å². The zero-order valence-corrected chi connectivity index (χ0v) is 18.1. The summed E-state index contributed by atoms with van der Waals surface area (Å²) in [5, 5.41) is 0. The number of fused-ring (bicyclic) bond motifs is 1. The van der Waals surface area contributed by atoms with Gasteiger partial charge >= 0.3 is 0 Å². The largest absolute Gasteiger partial charge is 0.328 e. The molecule has 0 radical (unpaired) electrons. The number of aromatic amines is 1. The molecule has 170 valence electrons. The molecule has 1 aliphatic carbocycles. The minimum Gasteiger partial charge on any atom is -0.328 e. The van der Waals surface area contributed by atoms with Crippen molar-refractivity contribution >= 4 is 5.91 Å². The van der Waals surface area contributed by atoms with E-state index in [1.807, 2.05) is 0 Å². The third kappa shape index (κ3) is 3.96. The summed E-state index contributed by atoms with van der Waals surface area (Å²) in [6.07, 6.45) is 7.99. The third-order valence-corrected chi connectivity index (χ3v) is 7.21. The molecular weight excluding hydrogens is 414 g/mol. The molecule has 1 aromatic heterocycles. The van der Waals surface area contributed by atoms with E-state index >= 15 is 0 Å². The Kier molecular flexibility index (Phi) is 5.80. The smallest absolute Gasteiger partial charge is 0.254 e. The average Bonchev–Trinajstić information content (AvgIpc) is 3.35. The van der Waals surface area contributed by atoms with E-state index in [0.29, 0.717) is 37.8 Å². The predicted molar refractivity (Wildman–Crippen MR) is 115 cm³/mol. The quantitative estimate of drug-likeness (QED) is 0.787. The van der Waals surface area contributed by atoms with E-state index in [4.69, 9.17) is 4.98 Å². The van der Waals surface area contributed by atoms with Crippen LogP contribution in [0.4, 0.5) is 8.78 Å². The zero-order valence-electron chi connectivity index (χ0n) is 18.1. The Morgan fingerprint density at radius 1 is 1.03 bits per heavy atom. The van der Waals surface area contributed by atoms with Crippen LogP contribution in [0, 0.1) is 11.6 Å². The highest BCUT2D eigenvalue weighted by Gasteiger charge is 2.33. The molecule has 1 unspecified atom stereocenters. The minimum atomic E-state index is -1.04. The standard InChI is InChI=1S/C24H28F2N4O2/c25-18-9-8-15(13-19(18)26)24(32)30-11-4-3-7-21(30)22-27-20-14-29(16-5-1-2-6-16)12-10-17(20)23(31)28-22/h8-9,13,16,21H,1-7,10-12,14H2,(H,27,28,31). The fourth-order valence-corrected chi connectivity index (χ4v) is 5.47. The number of rotatable bonds is 3. The maximum Gasteiger partial charge on any atom is 0.254 e. The summed E-state index contributed by atoms with van der Waals surface area (Å²) in [6.45, 7) is 2.03. The second kappa shape index (κ2) is 8.73. The Morgan fingerprint density at radius 2 is 1.81 bits per heavy atom. The Bertz CT molecular complexity index is 1080. The summed E-state index contributed by atoms with van der Waals surface area (Å²) in [7, 11) is 0. The number of halogens is 2. The van der Waals surface area contributed by atoms with E-state index in [-0.39, 0.29) is 23.1 Å². The van der Waals surface area contributed by atoms with Crippen molar-refractivity contribution in [2.24, 2.45) is 0 Å². The number of amides is 1. The van der Waals surface area contributed by atoms with Gasteiger partial charge in [-0.3, -0.25) is 14.5 Å². The molecule has 1 N–H and O–H groups in total. The van der Waals surface area contributed by atoms with Gasteiger partial charge in [0.1, 0.15) is 5.82 Å². The van der Waals surface area contributed by atoms with Gasteiger partial charge in [0.15, 0.2) is 11.6 Å². The summed E-state index contributed by atoms with van der Waals surface area (Å²) in [6, 6.07) is 3.39. The van der Waals surface area contributed by atoms with Crippen LogP contribution in [-0.2, 0) is 13.0 Å². The van der Waals surface area contributed by atoms with E-state index in [1.54, 1.807) is 4.90 Å². The molecule has 2 fully saturated rings. The topological polar surface area (TPSA) is 69.3 Å². The first-order valence-corrected chi connectivity index (χ1v) is 11.6.